The molecule has 9 heteroatoms. The van der Waals surface area contributed by atoms with E-state index >= 15 is 0 Å². The molecule has 1 saturated heterocycles. The van der Waals surface area contributed by atoms with E-state index in [0.717, 1.165) is 60.8 Å². The monoisotopic (exact) mass is 490 g/mol. The third kappa shape index (κ3) is 6.15. The van der Waals surface area contributed by atoms with Gasteiger partial charge >= 0.3 is 6.03 Å². The molecule has 36 heavy (non-hydrogen) atoms. The maximum Gasteiger partial charge on any atom is 0.318 e. The van der Waals surface area contributed by atoms with Crippen LogP contribution in [0.25, 0.3) is 0 Å². The van der Waals surface area contributed by atoms with Gasteiger partial charge in [0.2, 0.25) is 0 Å². The highest BCUT2D eigenvalue weighted by molar-refractivity contribution is 6.09. The topological polar surface area (TPSA) is 95.0 Å². The Balaban J connectivity index is 1.50. The number of fused-ring (bicyclic) bond motifs is 1. The van der Waals surface area contributed by atoms with Gasteiger partial charge in [0.1, 0.15) is 5.82 Å². The van der Waals surface area contributed by atoms with Gasteiger partial charge in [0.15, 0.2) is 0 Å². The van der Waals surface area contributed by atoms with Crippen LogP contribution in [-0.4, -0.2) is 76.0 Å². The maximum atomic E-state index is 13.0. The van der Waals surface area contributed by atoms with Crippen molar-refractivity contribution in [3.8, 4) is 0 Å². The number of aromatic nitrogens is 2. The Morgan fingerprint density at radius 2 is 1.89 bits per heavy atom. The summed E-state index contributed by atoms with van der Waals surface area (Å²) in [7, 11) is 4.02. The predicted octanol–water partition coefficient (Wildman–Crippen LogP) is 2.62. The van der Waals surface area contributed by atoms with Crippen molar-refractivity contribution < 1.29 is 4.79 Å². The molecule has 3 heterocycles. The number of hydrogen-bond acceptors (Lipinski definition) is 6. The van der Waals surface area contributed by atoms with Crippen molar-refractivity contribution in [2.45, 2.75) is 32.9 Å². The number of hydrogen-bond donors (Lipinski definition) is 2. The van der Waals surface area contributed by atoms with Crippen molar-refractivity contribution >= 4 is 11.7 Å². The number of nitrogens with two attached hydrogens (primary N) is 1. The van der Waals surface area contributed by atoms with Gasteiger partial charge in [-0.2, -0.15) is 5.10 Å². The summed E-state index contributed by atoms with van der Waals surface area (Å²) in [4.78, 5) is 24.1. The van der Waals surface area contributed by atoms with Crippen molar-refractivity contribution in [3.05, 3.63) is 77.0 Å². The lowest BCUT2D eigenvalue weighted by Crippen LogP contribution is -2.43. The highest BCUT2D eigenvalue weighted by Gasteiger charge is 2.23. The minimum Gasteiger partial charge on any atom is -0.384 e. The average Bonchev–Trinajstić information content (AvgIpc) is 3.29. The Kier molecular flexibility index (Phi) is 7.79. The molecule has 1 fully saturated rings. The van der Waals surface area contributed by atoms with Crippen LogP contribution in [0.4, 0.5) is 4.79 Å². The lowest BCUT2D eigenvalue weighted by molar-refractivity contribution is 0.187. The maximum absolute atomic E-state index is 13.0. The third-order valence-electron chi connectivity index (χ3n) is 6.93. The van der Waals surface area contributed by atoms with Crippen LogP contribution in [0.15, 0.2) is 59.6 Å². The second kappa shape index (κ2) is 11.0. The molecule has 1 aromatic carbocycles. The number of rotatable bonds is 6. The van der Waals surface area contributed by atoms with Crippen molar-refractivity contribution in [1.29, 1.82) is 0 Å². The first-order valence-electron chi connectivity index (χ1n) is 12.5. The molecule has 3 N–H and O–H groups in total. The number of nitrogens with one attached hydrogen (secondary N) is 1. The number of piperazine rings is 1. The molecule has 0 saturated carbocycles. The number of amides is 2. The van der Waals surface area contributed by atoms with E-state index in [2.05, 4.69) is 70.0 Å². The largest absolute Gasteiger partial charge is 0.384 e. The van der Waals surface area contributed by atoms with Gasteiger partial charge < -0.3 is 25.8 Å². The lowest BCUT2D eigenvalue weighted by Gasteiger charge is -2.34. The van der Waals surface area contributed by atoms with E-state index < -0.39 is 0 Å². The van der Waals surface area contributed by atoms with Crippen LogP contribution >= 0.6 is 0 Å². The van der Waals surface area contributed by atoms with E-state index in [1.54, 1.807) is 4.68 Å². The molecule has 2 aliphatic rings. The van der Waals surface area contributed by atoms with E-state index in [-0.39, 0.29) is 17.9 Å². The van der Waals surface area contributed by atoms with Crippen LogP contribution in [0.5, 0.6) is 0 Å². The van der Waals surface area contributed by atoms with Crippen LogP contribution in [0.1, 0.15) is 42.3 Å². The number of carbonyl (C=O) groups is 1. The number of aryl methyl sites for hydroxylation is 1. The van der Waals surface area contributed by atoms with Crippen LogP contribution < -0.4 is 11.1 Å². The average molecular weight is 491 g/mol. The van der Waals surface area contributed by atoms with E-state index in [1.165, 1.54) is 5.56 Å². The number of carbonyl (C=O) groups excluding carboxylic acids is 1. The van der Waals surface area contributed by atoms with Crippen LogP contribution in [0, 0.1) is 0 Å². The summed E-state index contributed by atoms with van der Waals surface area (Å²) in [5.41, 5.74) is 12.0. The molecule has 0 spiro atoms. The van der Waals surface area contributed by atoms with Crippen LogP contribution in [0.2, 0.25) is 0 Å². The quantitative estimate of drug-likeness (QED) is 0.607. The molecule has 0 radical (unpaired) electrons. The predicted molar refractivity (Wildman–Crippen MR) is 143 cm³/mol. The van der Waals surface area contributed by atoms with E-state index in [1.807, 2.05) is 31.1 Å². The first kappa shape index (κ1) is 25.5. The molecule has 4 rings (SSSR count). The van der Waals surface area contributed by atoms with Gasteiger partial charge in [0, 0.05) is 63.8 Å². The Morgan fingerprint density at radius 3 is 2.56 bits per heavy atom. The summed E-state index contributed by atoms with van der Waals surface area (Å²) in [6.07, 6.45) is 4.78. The summed E-state index contributed by atoms with van der Waals surface area (Å²) >= 11 is 0. The Morgan fingerprint density at radius 1 is 1.14 bits per heavy atom. The highest BCUT2D eigenvalue weighted by Crippen LogP contribution is 2.23. The summed E-state index contributed by atoms with van der Waals surface area (Å²) in [5.74, 6) is 0.273. The van der Waals surface area contributed by atoms with Gasteiger partial charge in [-0.15, -0.1) is 0 Å². The SMILES string of the molecule is C=C(N)/N=C(\C=C(/C)N1CCN(C)CC1)c1ccc2c(c1)CN(C(=O)NC(C)c1ccn(C)n1)CC2. The van der Waals surface area contributed by atoms with Crippen molar-refractivity contribution in [3.63, 3.8) is 0 Å². The normalized spacial score (nSPS) is 18.1. The van der Waals surface area contributed by atoms with Gasteiger partial charge in [0.05, 0.1) is 17.4 Å². The lowest BCUT2D eigenvalue weighted by atomic mass is 9.95. The molecule has 0 bridgehead atoms. The van der Waals surface area contributed by atoms with Gasteiger partial charge in [-0.3, -0.25) is 4.68 Å². The number of likely N-dealkylation sites (N-methyl/N-ethyl adjacent to an activating group) is 1. The number of allylic oxidation sites excluding steroid dienone is 2. The minimum absolute atomic E-state index is 0.0840. The second-order valence-corrected chi connectivity index (χ2v) is 9.80. The zero-order valence-corrected chi connectivity index (χ0v) is 21.9. The van der Waals surface area contributed by atoms with Crippen LogP contribution in [0.3, 0.4) is 0 Å². The molecule has 1 aromatic heterocycles. The molecular formula is C27H38N8O. The van der Waals surface area contributed by atoms with E-state index in [0.29, 0.717) is 13.1 Å². The first-order valence-corrected chi connectivity index (χ1v) is 12.5. The Labute approximate surface area is 213 Å². The smallest absolute Gasteiger partial charge is 0.318 e. The summed E-state index contributed by atoms with van der Waals surface area (Å²) < 4.78 is 1.74. The molecule has 9 nitrogen and oxygen atoms in total. The number of benzene rings is 1. The molecule has 2 amide bonds. The highest BCUT2D eigenvalue weighted by atomic mass is 16.2. The summed E-state index contributed by atoms with van der Waals surface area (Å²) in [6, 6.07) is 8.04. The first-order chi connectivity index (χ1) is 17.2. The number of nitrogens with zero attached hydrogens (tertiary/aromatic N) is 6. The molecule has 2 aliphatic heterocycles. The zero-order chi connectivity index (χ0) is 25.8. The zero-order valence-electron chi connectivity index (χ0n) is 21.9. The third-order valence-corrected chi connectivity index (χ3v) is 6.93. The molecule has 1 atom stereocenters. The summed E-state index contributed by atoms with van der Waals surface area (Å²) in [5, 5.41) is 7.48. The second-order valence-electron chi connectivity index (χ2n) is 9.80. The molecular weight excluding hydrogens is 452 g/mol. The van der Waals surface area contributed by atoms with Crippen molar-refractivity contribution in [1.82, 2.24) is 29.8 Å². The van der Waals surface area contributed by atoms with E-state index in [9.17, 15) is 4.79 Å². The van der Waals surface area contributed by atoms with Gasteiger partial charge in [-0.05, 0) is 56.7 Å². The van der Waals surface area contributed by atoms with Crippen molar-refractivity contribution in [2.24, 2.45) is 17.8 Å². The Hall–Kier alpha value is -3.59. The summed E-state index contributed by atoms with van der Waals surface area (Å²) in [6.45, 7) is 13.1. The molecule has 192 valence electrons. The number of aliphatic imine (C=N–C) groups is 1. The standard InChI is InChI=1S/C27H38N8O/c1-19(34-14-12-32(4)13-15-34)16-26(30-21(3)28)23-7-6-22-8-11-35(18-24(22)17-23)27(36)29-20(2)25-9-10-33(5)31-25/h6-7,9-10,16-17,20H,3,8,11-15,18,28H2,1-2,4-5H3,(H,29,36)/b19-16+,30-26+. The van der Waals surface area contributed by atoms with Gasteiger partial charge in [0.25, 0.3) is 0 Å². The fraction of sp³-hybridized carbons (Fsp3) is 0.444. The Bertz CT molecular complexity index is 1170. The molecule has 1 unspecified atom stereocenters. The van der Waals surface area contributed by atoms with Crippen LogP contribution in [-0.2, 0) is 20.0 Å². The van der Waals surface area contributed by atoms with Crippen molar-refractivity contribution in [2.75, 3.05) is 39.8 Å². The van der Waals surface area contributed by atoms with Gasteiger partial charge in [-0.1, -0.05) is 18.7 Å². The number of urea groups is 1. The molecule has 0 aliphatic carbocycles. The fourth-order valence-corrected chi connectivity index (χ4v) is 4.69. The molecule has 2 aromatic rings. The fourth-order valence-electron chi connectivity index (χ4n) is 4.69. The van der Waals surface area contributed by atoms with E-state index in [4.69, 9.17) is 5.73 Å². The van der Waals surface area contributed by atoms with Gasteiger partial charge in [-0.25, -0.2) is 9.79 Å². The minimum atomic E-state index is -0.163.